The highest BCUT2D eigenvalue weighted by atomic mass is 16.5. The summed E-state index contributed by atoms with van der Waals surface area (Å²) in [7, 11) is 0. The molecule has 6 heteroatoms. The van der Waals surface area contributed by atoms with Gasteiger partial charge in [-0.2, -0.15) is 0 Å². The molecule has 0 bridgehead atoms. The van der Waals surface area contributed by atoms with Gasteiger partial charge in [-0.3, -0.25) is 9.88 Å². The lowest BCUT2D eigenvalue weighted by Gasteiger charge is -2.28. The van der Waals surface area contributed by atoms with Gasteiger partial charge in [0.05, 0.1) is 5.69 Å². The van der Waals surface area contributed by atoms with E-state index in [9.17, 15) is 0 Å². The highest BCUT2D eigenvalue weighted by molar-refractivity contribution is 5.63. The average molecular weight is 383 g/mol. The average Bonchev–Trinajstić information content (AvgIpc) is 3.14. The highest BCUT2D eigenvalue weighted by Crippen LogP contribution is 2.28. The van der Waals surface area contributed by atoms with Gasteiger partial charge in [0.1, 0.15) is 11.5 Å². The fourth-order valence-corrected chi connectivity index (χ4v) is 3.77. The predicted molar refractivity (Wildman–Crippen MR) is 110 cm³/mol. The van der Waals surface area contributed by atoms with Crippen LogP contribution >= 0.6 is 0 Å². The van der Waals surface area contributed by atoms with E-state index in [2.05, 4.69) is 32.2 Å². The number of aromatic nitrogens is 4. The predicted octanol–water partition coefficient (Wildman–Crippen LogP) is 4.06. The molecule has 0 radical (unpaired) electrons. The number of hydrogen-bond acceptors (Lipinski definition) is 6. The van der Waals surface area contributed by atoms with Crippen molar-refractivity contribution in [2.75, 3.05) is 6.54 Å². The SMILES string of the molecule is Cc1onc(-c2ccccc2)c1CN1CCc2nc(-c3cccnc3)ncc2C1. The Hall–Kier alpha value is -3.38. The molecule has 1 aliphatic heterocycles. The van der Waals surface area contributed by atoms with Crippen molar-refractivity contribution in [1.29, 1.82) is 0 Å². The van der Waals surface area contributed by atoms with Crippen LogP contribution in [0.25, 0.3) is 22.6 Å². The van der Waals surface area contributed by atoms with Crippen molar-refractivity contribution in [2.45, 2.75) is 26.4 Å². The van der Waals surface area contributed by atoms with E-state index >= 15 is 0 Å². The number of aryl methyl sites for hydroxylation is 1. The van der Waals surface area contributed by atoms with Crippen LogP contribution in [0.1, 0.15) is 22.6 Å². The van der Waals surface area contributed by atoms with Gasteiger partial charge in [-0.15, -0.1) is 0 Å². The molecule has 1 aromatic carbocycles. The Bertz CT molecular complexity index is 1120. The lowest BCUT2D eigenvalue weighted by atomic mass is 10.0. The van der Waals surface area contributed by atoms with Crippen molar-refractivity contribution in [2.24, 2.45) is 0 Å². The summed E-state index contributed by atoms with van der Waals surface area (Å²) < 4.78 is 5.52. The second-order valence-electron chi connectivity index (χ2n) is 7.30. The number of pyridine rings is 1. The number of hydrogen-bond donors (Lipinski definition) is 0. The van der Waals surface area contributed by atoms with Gasteiger partial charge in [0.25, 0.3) is 0 Å². The summed E-state index contributed by atoms with van der Waals surface area (Å²) >= 11 is 0. The second-order valence-corrected chi connectivity index (χ2v) is 7.30. The monoisotopic (exact) mass is 383 g/mol. The van der Waals surface area contributed by atoms with Crippen LogP contribution in [0.15, 0.2) is 65.6 Å². The van der Waals surface area contributed by atoms with Crippen LogP contribution in [0.5, 0.6) is 0 Å². The van der Waals surface area contributed by atoms with Crippen molar-refractivity contribution in [3.63, 3.8) is 0 Å². The van der Waals surface area contributed by atoms with Crippen molar-refractivity contribution >= 4 is 0 Å². The molecule has 0 aliphatic carbocycles. The smallest absolute Gasteiger partial charge is 0.160 e. The summed E-state index contributed by atoms with van der Waals surface area (Å²) in [5.74, 6) is 1.62. The minimum Gasteiger partial charge on any atom is -0.361 e. The van der Waals surface area contributed by atoms with Crippen molar-refractivity contribution < 1.29 is 4.52 Å². The molecule has 5 rings (SSSR count). The summed E-state index contributed by atoms with van der Waals surface area (Å²) in [4.78, 5) is 15.9. The first kappa shape index (κ1) is 17.7. The van der Waals surface area contributed by atoms with E-state index in [1.54, 1.807) is 12.4 Å². The molecule has 0 spiro atoms. The topological polar surface area (TPSA) is 67.9 Å². The first-order valence-corrected chi connectivity index (χ1v) is 9.76. The second kappa shape index (κ2) is 7.56. The summed E-state index contributed by atoms with van der Waals surface area (Å²) in [6.45, 7) is 4.54. The highest BCUT2D eigenvalue weighted by Gasteiger charge is 2.23. The van der Waals surface area contributed by atoms with Gasteiger partial charge in [0.2, 0.25) is 0 Å². The molecule has 0 saturated carbocycles. The van der Waals surface area contributed by atoms with Gasteiger partial charge in [-0.1, -0.05) is 35.5 Å². The molecule has 0 atom stereocenters. The molecule has 29 heavy (non-hydrogen) atoms. The van der Waals surface area contributed by atoms with Crippen LogP contribution in [-0.2, 0) is 19.5 Å². The quantitative estimate of drug-likeness (QED) is 0.529. The van der Waals surface area contributed by atoms with E-state index in [-0.39, 0.29) is 0 Å². The largest absolute Gasteiger partial charge is 0.361 e. The van der Waals surface area contributed by atoms with Crippen LogP contribution in [-0.4, -0.2) is 31.6 Å². The molecule has 3 aromatic heterocycles. The maximum atomic E-state index is 5.52. The van der Waals surface area contributed by atoms with E-state index in [1.165, 1.54) is 5.56 Å². The lowest BCUT2D eigenvalue weighted by molar-refractivity contribution is 0.241. The molecule has 144 valence electrons. The molecule has 4 heterocycles. The van der Waals surface area contributed by atoms with E-state index in [4.69, 9.17) is 9.51 Å². The minimum atomic E-state index is 0.742. The van der Waals surface area contributed by atoms with Gasteiger partial charge >= 0.3 is 0 Å². The first-order valence-electron chi connectivity index (χ1n) is 9.76. The minimum absolute atomic E-state index is 0.742. The molecule has 0 amide bonds. The number of benzene rings is 1. The van der Waals surface area contributed by atoms with Crippen molar-refractivity contribution in [1.82, 2.24) is 25.0 Å². The standard InChI is InChI=1S/C23H21N5O/c1-16-20(22(27-29-16)17-6-3-2-4-7-17)15-28-11-9-21-19(14-28)13-25-23(26-21)18-8-5-10-24-12-18/h2-8,10,12-13H,9,11,14-15H2,1H3. The third-order valence-electron chi connectivity index (χ3n) is 5.35. The van der Waals surface area contributed by atoms with Gasteiger partial charge in [-0.25, -0.2) is 9.97 Å². The first-order chi connectivity index (χ1) is 14.3. The molecule has 1 aliphatic rings. The summed E-state index contributed by atoms with van der Waals surface area (Å²) in [5, 5.41) is 4.31. The zero-order valence-corrected chi connectivity index (χ0v) is 16.2. The Balaban J connectivity index is 1.37. The molecule has 0 fully saturated rings. The third kappa shape index (κ3) is 3.54. The molecule has 0 unspecified atom stereocenters. The van der Waals surface area contributed by atoms with Gasteiger partial charge in [0, 0.05) is 66.9 Å². The van der Waals surface area contributed by atoms with Gasteiger partial charge < -0.3 is 4.52 Å². The normalized spacial score (nSPS) is 14.0. The third-order valence-corrected chi connectivity index (χ3v) is 5.35. The van der Waals surface area contributed by atoms with E-state index in [1.807, 2.05) is 43.5 Å². The zero-order chi connectivity index (χ0) is 19.6. The number of nitrogens with zero attached hydrogens (tertiary/aromatic N) is 5. The Morgan fingerprint density at radius 1 is 1.03 bits per heavy atom. The Labute approximate surface area is 169 Å². The van der Waals surface area contributed by atoms with E-state index < -0.39 is 0 Å². The van der Waals surface area contributed by atoms with Gasteiger partial charge in [0.15, 0.2) is 5.82 Å². The maximum Gasteiger partial charge on any atom is 0.160 e. The molecular weight excluding hydrogens is 362 g/mol. The molecule has 0 N–H and O–H groups in total. The summed E-state index contributed by atoms with van der Waals surface area (Å²) in [5.41, 5.74) is 6.41. The van der Waals surface area contributed by atoms with Gasteiger partial charge in [-0.05, 0) is 19.1 Å². The number of rotatable bonds is 4. The van der Waals surface area contributed by atoms with E-state index in [0.717, 1.165) is 65.7 Å². The molecule has 4 aromatic rings. The Kier molecular flexibility index (Phi) is 4.62. The van der Waals surface area contributed by atoms with Crippen LogP contribution in [0.2, 0.25) is 0 Å². The summed E-state index contributed by atoms with van der Waals surface area (Å²) in [6, 6.07) is 14.1. The van der Waals surface area contributed by atoms with Crippen LogP contribution in [0.3, 0.4) is 0 Å². The lowest BCUT2D eigenvalue weighted by Crippen LogP contribution is -2.31. The Morgan fingerprint density at radius 3 is 2.72 bits per heavy atom. The fourth-order valence-electron chi connectivity index (χ4n) is 3.77. The Morgan fingerprint density at radius 2 is 1.90 bits per heavy atom. The molecular formula is C23H21N5O. The van der Waals surface area contributed by atoms with E-state index in [0.29, 0.717) is 0 Å². The van der Waals surface area contributed by atoms with Crippen LogP contribution in [0, 0.1) is 6.92 Å². The number of fused-ring (bicyclic) bond motifs is 1. The molecule has 6 nitrogen and oxygen atoms in total. The zero-order valence-electron chi connectivity index (χ0n) is 16.2. The van der Waals surface area contributed by atoms with Crippen LogP contribution < -0.4 is 0 Å². The van der Waals surface area contributed by atoms with Crippen molar-refractivity contribution in [3.05, 3.63) is 83.6 Å². The fraction of sp³-hybridized carbons (Fsp3) is 0.217. The van der Waals surface area contributed by atoms with Crippen LogP contribution in [0.4, 0.5) is 0 Å². The molecule has 0 saturated heterocycles. The van der Waals surface area contributed by atoms with Crippen molar-refractivity contribution in [3.8, 4) is 22.6 Å². The maximum absolute atomic E-state index is 5.52. The summed E-state index contributed by atoms with van der Waals surface area (Å²) in [6.07, 6.45) is 6.42.